The second-order valence-electron chi connectivity index (χ2n) is 7.12. The first kappa shape index (κ1) is 19.4. The van der Waals surface area contributed by atoms with Gasteiger partial charge in [0.25, 0.3) is 11.8 Å². The number of carbonyl (C=O) groups excluding carboxylic acids is 3. The highest BCUT2D eigenvalue weighted by Gasteiger charge is 2.37. The lowest BCUT2D eigenvalue weighted by Gasteiger charge is -2.14. The topological polar surface area (TPSA) is 107 Å². The molecular weight excluding hydrogens is 412 g/mol. The lowest BCUT2D eigenvalue weighted by Crippen LogP contribution is -2.29. The molecule has 5 rings (SSSR count). The average Bonchev–Trinajstić information content (AvgIpc) is 3.03. The fourth-order valence-electron chi connectivity index (χ4n) is 3.60. The maximum absolute atomic E-state index is 13.1. The zero-order chi connectivity index (χ0) is 22.4. The number of ether oxygens (including phenoxy) is 1. The Bertz CT molecular complexity index is 1500. The summed E-state index contributed by atoms with van der Waals surface area (Å²) in [4.78, 5) is 54.9. The minimum absolute atomic E-state index is 0.0482. The van der Waals surface area contributed by atoms with E-state index in [1.807, 2.05) is 0 Å². The van der Waals surface area contributed by atoms with Crippen LogP contribution in [0.5, 0.6) is 5.75 Å². The summed E-state index contributed by atoms with van der Waals surface area (Å²) in [6.07, 6.45) is 0. The zero-order valence-corrected chi connectivity index (χ0v) is 16.7. The molecule has 0 spiro atoms. The van der Waals surface area contributed by atoms with E-state index >= 15 is 0 Å². The number of carbonyl (C=O) groups is 3. The van der Waals surface area contributed by atoms with Crippen molar-refractivity contribution < 1.29 is 23.5 Å². The van der Waals surface area contributed by atoms with Crippen molar-refractivity contribution in [1.82, 2.24) is 4.98 Å². The molecule has 2 heterocycles. The molecule has 156 valence electrons. The van der Waals surface area contributed by atoms with Crippen LogP contribution in [0.2, 0.25) is 0 Å². The van der Waals surface area contributed by atoms with Crippen LogP contribution in [0.15, 0.2) is 75.9 Å². The fraction of sp³-hybridized carbons (Fsp3) is 0.0417. The Kier molecular flexibility index (Phi) is 4.41. The summed E-state index contributed by atoms with van der Waals surface area (Å²) in [6.45, 7) is 1.26. The van der Waals surface area contributed by atoms with E-state index in [4.69, 9.17) is 9.15 Å². The summed E-state index contributed by atoms with van der Waals surface area (Å²) < 4.78 is 10.4. The highest BCUT2D eigenvalue weighted by molar-refractivity contribution is 6.34. The lowest BCUT2D eigenvalue weighted by atomic mass is 10.1. The maximum atomic E-state index is 13.1. The highest BCUT2D eigenvalue weighted by atomic mass is 16.5. The van der Waals surface area contributed by atoms with Gasteiger partial charge in [-0.3, -0.25) is 14.4 Å². The Morgan fingerprint density at radius 3 is 2.50 bits per heavy atom. The van der Waals surface area contributed by atoms with Gasteiger partial charge in [0.1, 0.15) is 5.75 Å². The number of anilines is 1. The predicted molar refractivity (Wildman–Crippen MR) is 115 cm³/mol. The minimum atomic E-state index is -0.546. The van der Waals surface area contributed by atoms with E-state index in [2.05, 4.69) is 4.98 Å². The molecular formula is C24H14N2O6. The van der Waals surface area contributed by atoms with Crippen LogP contribution in [-0.4, -0.2) is 22.8 Å². The van der Waals surface area contributed by atoms with Gasteiger partial charge in [0.15, 0.2) is 0 Å². The molecule has 0 N–H and O–H groups in total. The molecule has 0 aliphatic carbocycles. The molecule has 0 saturated heterocycles. The molecule has 0 saturated carbocycles. The monoisotopic (exact) mass is 426 g/mol. The van der Waals surface area contributed by atoms with Crippen molar-refractivity contribution in [2.24, 2.45) is 0 Å². The van der Waals surface area contributed by atoms with Gasteiger partial charge in [0, 0.05) is 18.6 Å². The van der Waals surface area contributed by atoms with Crippen molar-refractivity contribution in [2.75, 3.05) is 4.90 Å². The van der Waals surface area contributed by atoms with Gasteiger partial charge in [-0.1, -0.05) is 18.2 Å². The first-order valence-electron chi connectivity index (χ1n) is 9.64. The van der Waals surface area contributed by atoms with E-state index in [0.717, 1.165) is 4.90 Å². The quantitative estimate of drug-likeness (QED) is 0.280. The first-order chi connectivity index (χ1) is 15.4. The summed E-state index contributed by atoms with van der Waals surface area (Å²) in [6, 6.07) is 17.5. The second-order valence-corrected chi connectivity index (χ2v) is 7.12. The number of rotatable bonds is 3. The molecule has 1 aliphatic rings. The van der Waals surface area contributed by atoms with E-state index in [1.54, 1.807) is 48.5 Å². The minimum Gasteiger partial charge on any atom is -0.427 e. The van der Waals surface area contributed by atoms with Gasteiger partial charge in [0.2, 0.25) is 5.89 Å². The molecule has 0 atom stereocenters. The Balaban J connectivity index is 1.55. The number of benzene rings is 3. The molecule has 3 aromatic carbocycles. The molecule has 0 unspecified atom stereocenters. The van der Waals surface area contributed by atoms with E-state index in [9.17, 15) is 19.2 Å². The molecule has 32 heavy (non-hydrogen) atoms. The summed E-state index contributed by atoms with van der Waals surface area (Å²) in [5, 5.41) is 0.350. The van der Waals surface area contributed by atoms with E-state index in [1.165, 1.54) is 25.1 Å². The van der Waals surface area contributed by atoms with Crippen molar-refractivity contribution >= 4 is 34.4 Å². The Morgan fingerprint density at radius 2 is 1.69 bits per heavy atom. The van der Waals surface area contributed by atoms with Crippen LogP contribution in [0.3, 0.4) is 0 Å². The molecule has 0 fully saturated rings. The van der Waals surface area contributed by atoms with Crippen LogP contribution in [-0.2, 0) is 4.79 Å². The molecule has 1 aliphatic heterocycles. The maximum Gasteiger partial charge on any atom is 0.347 e. The highest BCUT2D eigenvalue weighted by Crippen LogP contribution is 2.32. The number of esters is 1. The molecule has 8 heteroatoms. The number of hydrogen-bond donors (Lipinski definition) is 0. The van der Waals surface area contributed by atoms with Crippen molar-refractivity contribution in [3.8, 4) is 17.2 Å². The number of aromatic nitrogens is 1. The normalized spacial score (nSPS) is 12.8. The SMILES string of the molecule is CC(=O)Oc1cccc(N2C(=O)c3ccc(-c4nc5ccccc5c(=O)o4)cc3C2=O)c1. The Hall–Kier alpha value is -4.59. The average molecular weight is 426 g/mol. The number of imide groups is 1. The van der Waals surface area contributed by atoms with Crippen LogP contribution in [0.4, 0.5) is 5.69 Å². The Morgan fingerprint density at radius 1 is 0.906 bits per heavy atom. The van der Waals surface area contributed by atoms with Crippen molar-refractivity contribution in [1.29, 1.82) is 0 Å². The smallest absolute Gasteiger partial charge is 0.347 e. The number of nitrogens with zero attached hydrogens (tertiary/aromatic N) is 2. The van der Waals surface area contributed by atoms with Crippen LogP contribution in [0, 0.1) is 0 Å². The van der Waals surface area contributed by atoms with Gasteiger partial charge in [-0.2, -0.15) is 0 Å². The second kappa shape index (κ2) is 7.28. The van der Waals surface area contributed by atoms with Crippen molar-refractivity contribution in [3.05, 3.63) is 88.3 Å². The Labute approximate surface area is 180 Å². The predicted octanol–water partition coefficient (Wildman–Crippen LogP) is 3.58. The summed E-state index contributed by atoms with van der Waals surface area (Å²) >= 11 is 0. The van der Waals surface area contributed by atoms with Gasteiger partial charge in [0.05, 0.1) is 27.7 Å². The third-order valence-electron chi connectivity index (χ3n) is 5.01. The van der Waals surface area contributed by atoms with Crippen molar-refractivity contribution in [2.45, 2.75) is 6.92 Å². The van der Waals surface area contributed by atoms with Gasteiger partial charge < -0.3 is 9.15 Å². The van der Waals surface area contributed by atoms with Gasteiger partial charge >= 0.3 is 11.6 Å². The summed E-state index contributed by atoms with van der Waals surface area (Å²) in [7, 11) is 0. The van der Waals surface area contributed by atoms with Gasteiger partial charge in [-0.15, -0.1) is 0 Å². The molecule has 1 aromatic heterocycles. The van der Waals surface area contributed by atoms with Crippen LogP contribution >= 0.6 is 0 Å². The van der Waals surface area contributed by atoms with E-state index < -0.39 is 23.4 Å². The molecule has 4 aromatic rings. The number of fused-ring (bicyclic) bond motifs is 2. The third-order valence-corrected chi connectivity index (χ3v) is 5.01. The lowest BCUT2D eigenvalue weighted by molar-refractivity contribution is -0.131. The first-order valence-corrected chi connectivity index (χ1v) is 9.64. The molecule has 8 nitrogen and oxygen atoms in total. The molecule has 0 bridgehead atoms. The third kappa shape index (κ3) is 3.14. The van der Waals surface area contributed by atoms with Crippen LogP contribution < -0.4 is 15.3 Å². The zero-order valence-electron chi connectivity index (χ0n) is 16.7. The molecule has 0 radical (unpaired) electrons. The van der Waals surface area contributed by atoms with E-state index in [0.29, 0.717) is 16.5 Å². The van der Waals surface area contributed by atoms with Crippen LogP contribution in [0.25, 0.3) is 22.4 Å². The van der Waals surface area contributed by atoms with Gasteiger partial charge in [-0.25, -0.2) is 14.7 Å². The summed E-state index contributed by atoms with van der Waals surface area (Å²) in [5.74, 6) is -1.31. The van der Waals surface area contributed by atoms with E-state index in [-0.39, 0.29) is 28.5 Å². The molecule has 2 amide bonds. The standard InChI is InChI=1S/C24H14N2O6/c1-13(27)31-16-6-4-5-15(12-16)26-22(28)17-10-9-14(11-19(17)23(26)29)21-25-20-8-3-2-7-18(20)24(30)32-21/h2-12H,1H3. The van der Waals surface area contributed by atoms with Crippen LogP contribution in [0.1, 0.15) is 27.6 Å². The van der Waals surface area contributed by atoms with Crippen molar-refractivity contribution in [3.63, 3.8) is 0 Å². The largest absolute Gasteiger partial charge is 0.427 e. The summed E-state index contributed by atoms with van der Waals surface area (Å²) in [5.41, 5.74) is 0.945. The number of para-hydroxylation sites is 1. The van der Waals surface area contributed by atoms with Gasteiger partial charge in [-0.05, 0) is 42.5 Å². The number of amides is 2. The number of hydrogen-bond acceptors (Lipinski definition) is 7. The fourth-order valence-corrected chi connectivity index (χ4v) is 3.60.